The number of nitrogens with two attached hydrogens (primary N) is 1. The summed E-state index contributed by atoms with van der Waals surface area (Å²) in [4.78, 5) is 32.4. The Morgan fingerprint density at radius 2 is 1.77 bits per heavy atom. The van der Waals surface area contributed by atoms with Gasteiger partial charge in [0.2, 0.25) is 11.8 Å². The van der Waals surface area contributed by atoms with Gasteiger partial charge in [0.15, 0.2) is 5.96 Å². The molecule has 5 N–H and O–H groups in total. The molecule has 0 bridgehead atoms. The Balaban J connectivity index is 1.46. The third-order valence-electron chi connectivity index (χ3n) is 7.62. The first-order valence-corrected chi connectivity index (χ1v) is 14.7. The van der Waals surface area contributed by atoms with E-state index in [9.17, 15) is 14.0 Å². The van der Waals surface area contributed by atoms with Crippen LogP contribution in [0.15, 0.2) is 96.0 Å². The lowest BCUT2D eigenvalue weighted by Gasteiger charge is -2.29. The number of halogens is 1. The van der Waals surface area contributed by atoms with Gasteiger partial charge in [0.1, 0.15) is 5.82 Å². The average molecular weight is 585 g/mol. The molecule has 9 heteroatoms. The van der Waals surface area contributed by atoms with Crippen molar-refractivity contribution in [1.29, 1.82) is 0 Å². The van der Waals surface area contributed by atoms with Crippen molar-refractivity contribution in [3.63, 3.8) is 0 Å². The molecule has 43 heavy (non-hydrogen) atoms. The summed E-state index contributed by atoms with van der Waals surface area (Å²) < 4.78 is 13.5. The first kappa shape index (κ1) is 31.4. The molecule has 0 aromatic heterocycles. The molecule has 1 saturated heterocycles. The van der Waals surface area contributed by atoms with E-state index in [-0.39, 0.29) is 29.6 Å². The quantitative estimate of drug-likeness (QED) is 0.112. The molecule has 0 spiro atoms. The fourth-order valence-corrected chi connectivity index (χ4v) is 5.29. The number of guanidine groups is 1. The third-order valence-corrected chi connectivity index (χ3v) is 7.62. The van der Waals surface area contributed by atoms with Gasteiger partial charge in [-0.05, 0) is 54.2 Å². The molecule has 2 atom stereocenters. The number of rotatable bonds is 12. The summed E-state index contributed by atoms with van der Waals surface area (Å²) in [6, 6.07) is 26.1. The van der Waals surface area contributed by atoms with Gasteiger partial charge in [-0.3, -0.25) is 14.6 Å². The molecule has 1 heterocycles. The van der Waals surface area contributed by atoms with E-state index in [1.807, 2.05) is 41.3 Å². The monoisotopic (exact) mass is 584 g/mol. The fraction of sp³-hybridized carbons (Fsp3) is 0.324. The molecule has 0 radical (unpaired) electrons. The van der Waals surface area contributed by atoms with Gasteiger partial charge < -0.3 is 26.6 Å². The van der Waals surface area contributed by atoms with E-state index in [4.69, 9.17) is 5.73 Å². The number of carbonyl (C=O) groups excluding carboxylic acids is 2. The van der Waals surface area contributed by atoms with Crippen molar-refractivity contribution in [3.8, 4) is 0 Å². The maximum absolute atomic E-state index is 14.0. The van der Waals surface area contributed by atoms with Crippen LogP contribution in [0.25, 0.3) is 6.08 Å². The normalized spacial score (nSPS) is 17.7. The molecule has 1 fully saturated rings. The molecular weight excluding hydrogens is 543 g/mol. The maximum Gasteiger partial charge on any atom is 0.244 e. The summed E-state index contributed by atoms with van der Waals surface area (Å²) in [5, 5.41) is 9.52. The van der Waals surface area contributed by atoms with Crippen molar-refractivity contribution in [3.05, 3.63) is 114 Å². The highest BCUT2D eigenvalue weighted by Gasteiger charge is 2.32. The largest absolute Gasteiger partial charge is 0.370 e. The van der Waals surface area contributed by atoms with Gasteiger partial charge in [-0.15, -0.1) is 0 Å². The Labute approximate surface area is 253 Å². The Hall–Kier alpha value is -4.50. The van der Waals surface area contributed by atoms with Gasteiger partial charge in [0.25, 0.3) is 0 Å². The number of nitrogens with zero attached hydrogens (tertiary/aromatic N) is 2. The zero-order valence-corrected chi connectivity index (χ0v) is 24.6. The number of aliphatic imine (C=N–C) groups is 1. The first-order chi connectivity index (χ1) is 20.9. The van der Waals surface area contributed by atoms with Gasteiger partial charge in [-0.1, -0.05) is 72.8 Å². The molecule has 3 aromatic carbocycles. The van der Waals surface area contributed by atoms with Crippen molar-refractivity contribution < 1.29 is 14.0 Å². The van der Waals surface area contributed by atoms with Gasteiger partial charge in [0, 0.05) is 51.3 Å². The molecule has 8 nitrogen and oxygen atoms in total. The smallest absolute Gasteiger partial charge is 0.244 e. The number of hydrogen-bond acceptors (Lipinski definition) is 4. The van der Waals surface area contributed by atoms with Gasteiger partial charge in [-0.2, -0.15) is 0 Å². The molecule has 2 unspecified atom stereocenters. The molecule has 2 amide bonds. The van der Waals surface area contributed by atoms with Gasteiger partial charge in [0.05, 0.1) is 6.04 Å². The Morgan fingerprint density at radius 1 is 1.07 bits per heavy atom. The molecule has 226 valence electrons. The Morgan fingerprint density at radius 3 is 2.42 bits per heavy atom. The molecule has 1 aliphatic heterocycles. The van der Waals surface area contributed by atoms with Crippen LogP contribution in [-0.2, 0) is 9.59 Å². The number of amides is 2. The Bertz CT molecular complexity index is 1340. The van der Waals surface area contributed by atoms with E-state index in [0.29, 0.717) is 57.0 Å². The highest BCUT2D eigenvalue weighted by molar-refractivity contribution is 5.91. The van der Waals surface area contributed by atoms with Crippen LogP contribution in [-0.4, -0.2) is 68.0 Å². The van der Waals surface area contributed by atoms with Crippen LogP contribution in [0.5, 0.6) is 0 Å². The van der Waals surface area contributed by atoms with E-state index < -0.39 is 6.04 Å². The van der Waals surface area contributed by atoms with Crippen molar-refractivity contribution in [2.45, 2.75) is 37.3 Å². The van der Waals surface area contributed by atoms with Crippen LogP contribution in [0.1, 0.15) is 41.9 Å². The van der Waals surface area contributed by atoms with Crippen LogP contribution in [0.2, 0.25) is 0 Å². The molecule has 3 aromatic rings. The van der Waals surface area contributed by atoms with Crippen LogP contribution in [0, 0.1) is 5.82 Å². The fourth-order valence-electron chi connectivity index (χ4n) is 5.29. The third kappa shape index (κ3) is 9.78. The molecule has 0 aliphatic carbocycles. The lowest BCUT2D eigenvalue weighted by atomic mass is 9.90. The van der Waals surface area contributed by atoms with Crippen molar-refractivity contribution >= 4 is 23.8 Å². The minimum atomic E-state index is -0.416. The Kier molecular flexibility index (Phi) is 11.9. The first-order valence-electron chi connectivity index (χ1n) is 14.7. The molecule has 4 rings (SSSR count). The van der Waals surface area contributed by atoms with Crippen LogP contribution >= 0.6 is 0 Å². The van der Waals surface area contributed by atoms with E-state index in [0.717, 1.165) is 11.1 Å². The standard InChI is InChI=1S/C34H41FN6O2/c1-37-34(36)38-20-9-16-31-33(43)41(24-30(26-11-4-2-5-12-26)27-13-6-3-7-14-27)21-19-29(40-31)23-39-32(42)18-17-25-10-8-15-28(35)22-25/h2-8,10-15,17-18,22,29-31,40H,9,16,19-21,23-24H2,1H3,(H,39,42)(H3,36,37,38)/b18-17+. The topological polar surface area (TPSA) is 112 Å². The molecule has 0 saturated carbocycles. The van der Waals surface area contributed by atoms with Crippen LogP contribution < -0.4 is 21.7 Å². The lowest BCUT2D eigenvalue weighted by Crippen LogP contribution is -2.49. The average Bonchev–Trinajstić information content (AvgIpc) is 3.18. The molecule has 1 aliphatic rings. The van der Waals surface area contributed by atoms with Crippen molar-refractivity contribution in [2.75, 3.05) is 33.2 Å². The van der Waals surface area contributed by atoms with E-state index in [1.165, 1.54) is 18.2 Å². The summed E-state index contributed by atoms with van der Waals surface area (Å²) >= 11 is 0. The highest BCUT2D eigenvalue weighted by atomic mass is 19.1. The van der Waals surface area contributed by atoms with Crippen molar-refractivity contribution in [1.82, 2.24) is 20.9 Å². The second-order valence-corrected chi connectivity index (χ2v) is 10.7. The predicted octanol–water partition coefficient (Wildman–Crippen LogP) is 3.66. The van der Waals surface area contributed by atoms with E-state index in [1.54, 1.807) is 25.3 Å². The van der Waals surface area contributed by atoms with E-state index >= 15 is 0 Å². The second-order valence-electron chi connectivity index (χ2n) is 10.7. The maximum atomic E-state index is 14.0. The molecular formula is C34H41FN6O2. The number of hydrogen-bond donors (Lipinski definition) is 4. The summed E-state index contributed by atoms with van der Waals surface area (Å²) in [5.74, 6) is -0.191. The SMILES string of the molecule is CN=C(N)NCCCC1NC(CNC(=O)/C=C/c2cccc(F)c2)CCN(CC(c2ccccc2)c2ccccc2)C1=O. The zero-order valence-electron chi connectivity index (χ0n) is 24.6. The summed E-state index contributed by atoms with van der Waals surface area (Å²) in [5.41, 5.74) is 8.69. The highest BCUT2D eigenvalue weighted by Crippen LogP contribution is 2.27. The minimum absolute atomic E-state index is 0.0263. The van der Waals surface area contributed by atoms with Crippen LogP contribution in [0.3, 0.4) is 0 Å². The predicted molar refractivity (Wildman–Crippen MR) is 170 cm³/mol. The number of carbonyl (C=O) groups is 2. The van der Waals surface area contributed by atoms with E-state index in [2.05, 4.69) is 45.2 Å². The van der Waals surface area contributed by atoms with Gasteiger partial charge >= 0.3 is 0 Å². The summed E-state index contributed by atoms with van der Waals surface area (Å²) in [6.45, 7) is 2.07. The lowest BCUT2D eigenvalue weighted by molar-refractivity contribution is -0.133. The van der Waals surface area contributed by atoms with Crippen LogP contribution in [0.4, 0.5) is 4.39 Å². The number of benzene rings is 3. The second kappa shape index (κ2) is 16.2. The zero-order chi connectivity index (χ0) is 30.4. The summed E-state index contributed by atoms with van der Waals surface area (Å²) in [6.07, 6.45) is 4.98. The number of nitrogens with one attached hydrogen (secondary N) is 3. The van der Waals surface area contributed by atoms with Crippen molar-refractivity contribution in [2.24, 2.45) is 10.7 Å². The minimum Gasteiger partial charge on any atom is -0.370 e. The van der Waals surface area contributed by atoms with Gasteiger partial charge in [-0.25, -0.2) is 4.39 Å². The summed E-state index contributed by atoms with van der Waals surface area (Å²) in [7, 11) is 1.62.